The molecule has 0 bridgehead atoms. The third-order valence-electron chi connectivity index (χ3n) is 16.4. The summed E-state index contributed by atoms with van der Waals surface area (Å²) in [4.78, 5) is 94.5. The fourth-order valence-electron chi connectivity index (χ4n) is 11.5. The van der Waals surface area contributed by atoms with Crippen molar-refractivity contribution < 1.29 is 151 Å². The van der Waals surface area contributed by atoms with Gasteiger partial charge in [-0.2, -0.15) is 0 Å². The molecule has 4 amide bonds. The number of halogens is 2. The molecular formula is C56H96B8BrIN4O32P4S4-2. The molecule has 0 aliphatic carbocycles. The summed E-state index contributed by atoms with van der Waals surface area (Å²) in [5, 5.41) is 11.0. The highest BCUT2D eigenvalue weighted by Gasteiger charge is 2.43. The number of nitrogens with one attached hydrogen (secondary N) is 4. The molecule has 8 rings (SSSR count). The van der Waals surface area contributed by atoms with Crippen LogP contribution in [0.2, 0.25) is 0 Å². The van der Waals surface area contributed by atoms with Gasteiger partial charge in [-0.25, -0.2) is 9.13 Å². The molecule has 8 heterocycles. The third kappa shape index (κ3) is 42.5. The first kappa shape index (κ1) is 105. The van der Waals surface area contributed by atoms with Crippen LogP contribution in [0.3, 0.4) is 0 Å². The summed E-state index contributed by atoms with van der Waals surface area (Å²) in [7, 11) is 57.3. The smallest absolute Gasteiger partial charge is 0.387 e. The lowest BCUT2D eigenvalue weighted by molar-refractivity contribution is -0.207. The van der Waals surface area contributed by atoms with Gasteiger partial charge in [-0.15, -0.1) is 0 Å². The second kappa shape index (κ2) is 54.4. The van der Waals surface area contributed by atoms with Gasteiger partial charge < -0.3 is 143 Å². The zero-order chi connectivity index (χ0) is 82.7. The molecule has 0 spiro atoms. The van der Waals surface area contributed by atoms with Gasteiger partial charge in [0.25, 0.3) is 0 Å². The van der Waals surface area contributed by atoms with Crippen LogP contribution in [0.4, 0.5) is 0 Å². The quantitative estimate of drug-likeness (QED) is 0.0106. The Hall–Kier alpha value is 0.999. The summed E-state index contributed by atoms with van der Waals surface area (Å²) >= 11 is 14.6. The molecule has 0 saturated carbocycles. The van der Waals surface area contributed by atoms with Crippen molar-refractivity contribution in [2.45, 2.75) is 197 Å². The van der Waals surface area contributed by atoms with Crippen LogP contribution in [0.25, 0.3) is 0 Å². The lowest BCUT2D eigenvalue weighted by Crippen LogP contribution is -2.38. The Kier molecular flexibility index (Phi) is 52.0. The highest BCUT2D eigenvalue weighted by atomic mass is 127. The molecule has 0 aromatic heterocycles. The fraction of sp³-hybridized carbons (Fsp3) is 0.929. The molecule has 0 aromatic rings. The van der Waals surface area contributed by atoms with Gasteiger partial charge in [-0.3, -0.25) is 32.8 Å². The van der Waals surface area contributed by atoms with Gasteiger partial charge in [0, 0.05) is 131 Å². The Morgan fingerprint density at radius 2 is 0.655 bits per heavy atom. The normalized spacial score (nSPS) is 35.1. The largest absolute Gasteiger partial charge is 0.780 e. The summed E-state index contributed by atoms with van der Waals surface area (Å²) in [6, 6.07) is -3.60. The van der Waals surface area contributed by atoms with Gasteiger partial charge in [0.05, 0.1) is 96.5 Å². The number of hydrogen-bond acceptors (Lipinski definition) is 32. The molecule has 110 heavy (non-hydrogen) atoms. The molecule has 28 atom stereocenters. The molecule has 8 N–H and O–H groups in total. The Balaban J connectivity index is 0.000000352. The van der Waals surface area contributed by atoms with Crippen LogP contribution in [0.1, 0.15) is 51.4 Å². The molecule has 8 fully saturated rings. The van der Waals surface area contributed by atoms with Crippen molar-refractivity contribution >= 4 is 199 Å². The average molecular weight is 1880 g/mol. The number of carbonyl (C=O) groups is 4. The number of alkyl halides is 2. The molecule has 616 valence electrons. The van der Waals surface area contributed by atoms with Gasteiger partial charge in [-0.05, 0) is 74.1 Å². The summed E-state index contributed by atoms with van der Waals surface area (Å²) in [6.07, 6.45) is -2.20. The van der Waals surface area contributed by atoms with E-state index in [2.05, 4.69) is 61.3 Å². The molecule has 0 aromatic carbocycles. The Morgan fingerprint density at radius 3 is 0.882 bits per heavy atom. The molecule has 8 saturated heterocycles. The van der Waals surface area contributed by atoms with Crippen LogP contribution in [-0.4, -0.2) is 382 Å². The van der Waals surface area contributed by atoms with Gasteiger partial charge in [0.2, 0.25) is 23.6 Å². The van der Waals surface area contributed by atoms with E-state index in [9.17, 15) is 47.6 Å². The zero-order valence-corrected chi connectivity index (χ0v) is 72.6. The topological polar surface area (TPSA) is 456 Å². The second-order valence-electron chi connectivity index (χ2n) is 25.0. The van der Waals surface area contributed by atoms with Crippen molar-refractivity contribution in [3.05, 3.63) is 0 Å². The summed E-state index contributed by atoms with van der Waals surface area (Å²) < 4.78 is 139. The van der Waals surface area contributed by atoms with E-state index in [-0.39, 0.29) is 137 Å². The van der Waals surface area contributed by atoms with Crippen molar-refractivity contribution in [3.63, 3.8) is 0 Å². The van der Waals surface area contributed by atoms with E-state index in [1.54, 1.807) is 28.4 Å². The van der Waals surface area contributed by atoms with Crippen LogP contribution in [0.5, 0.6) is 0 Å². The second-order valence-corrected chi connectivity index (χ2v) is 39.1. The van der Waals surface area contributed by atoms with E-state index < -0.39 is 124 Å². The SMILES string of the molecule is [B][C@H]1CC(OC)[C@@H](CNC(=O)CBr)O1.[B][C@H]1CC(OC)[C@@H](CNC(=O)CI)O1.[B][C@H]1CC(OC)[C@@H](CNC(=O)CSP(=O)(O)OC2C[C@H]([B])O[C@@H]2COC)O1.[B][C@H]1CC(OC)[C@@H](CNC(=O)CSP(=O)(O)OC2C[C@H]([B])O[C@@H]2COC)O1.[B][C@H]1CC(OP(=O)(O)[S-])[C@@H](COC)O1.[B][C@H]1CC(OP([O-])(O)=S)[C@@H](COC)O1. The summed E-state index contributed by atoms with van der Waals surface area (Å²) in [5.74, 6) is -1.42. The first-order valence-corrected chi connectivity index (χ1v) is 48.1. The molecule has 16 radical (unpaired) electrons. The Morgan fingerprint density at radius 1 is 0.427 bits per heavy atom. The lowest BCUT2D eigenvalue weighted by Gasteiger charge is -2.27. The minimum absolute atomic E-state index is 0.00419. The van der Waals surface area contributed by atoms with Crippen molar-refractivity contribution in [1.29, 1.82) is 0 Å². The first-order chi connectivity index (χ1) is 51.6. The standard InChI is InChI=1S/2C14H24B2NO8PS.C8H13BBrNO3.C8H13BINO3.2C6H12BO5PS/c2*1-21-6-11-9(4-13(16)24-11)25-26(19,20)27-7-14(18)17-5-10-8(22-2)3-12(15)23-10;2*1-13-5-2-7(9)14-6(5)4-11-8(12)3-10;2*1-10-3-5-4(2-6(7)11-5)12-13(8,9)14/h2*8-13H,3-7H2,1-2H3,(H,17,18)(H,19,20);2*5-7H,2-4H2,1H3,(H,11,12);2*4-6H,2-3H2,1H3,(H2,8,9,14)/p-2/t2*8?,9?,10-,11-,12-,13-;2*5?,6-,7-;2*4?,5-,6-/m111111/s1. The highest BCUT2D eigenvalue weighted by molar-refractivity contribution is 14.1. The first-order valence-electron chi connectivity index (χ1n) is 34.0. The maximum atomic E-state index is 12.3. The number of carbonyl (C=O) groups excluding carboxylic acids is 4. The van der Waals surface area contributed by atoms with Crippen molar-refractivity contribution in [3.8, 4) is 0 Å². The van der Waals surface area contributed by atoms with E-state index in [4.69, 9.17) is 166 Å². The van der Waals surface area contributed by atoms with E-state index >= 15 is 0 Å². The van der Waals surface area contributed by atoms with Crippen LogP contribution in [-0.2, 0) is 151 Å². The monoisotopic (exact) mass is 1880 g/mol. The van der Waals surface area contributed by atoms with E-state index in [0.717, 1.165) is 0 Å². The number of hydrogen-bond donors (Lipinski definition) is 8. The van der Waals surface area contributed by atoms with Gasteiger partial charge in [0.1, 0.15) is 118 Å². The maximum Gasteiger partial charge on any atom is 0.387 e. The number of ether oxygens (including phenoxy) is 16. The van der Waals surface area contributed by atoms with E-state index in [0.29, 0.717) is 84.1 Å². The van der Waals surface area contributed by atoms with Crippen LogP contribution < -0.4 is 26.2 Å². The number of amides is 4. The third-order valence-corrected chi connectivity index (χ3v) is 25.0. The van der Waals surface area contributed by atoms with Crippen molar-refractivity contribution in [2.75, 3.05) is 131 Å². The highest BCUT2D eigenvalue weighted by Crippen LogP contribution is 2.59. The fourth-order valence-corrected chi connectivity index (χ4v) is 18.4. The minimum Gasteiger partial charge on any atom is -0.780 e. The molecular weight excluding hydrogens is 1790 g/mol. The lowest BCUT2D eigenvalue weighted by atomic mass is 9.96. The van der Waals surface area contributed by atoms with Crippen molar-refractivity contribution in [1.82, 2.24) is 21.3 Å². The molecule has 36 nitrogen and oxygen atoms in total. The molecule has 54 heteroatoms. The van der Waals surface area contributed by atoms with Crippen LogP contribution >= 0.6 is 88.4 Å². The Bertz CT molecular complexity index is 2710. The summed E-state index contributed by atoms with van der Waals surface area (Å²) in [6.45, 7) is -13.8. The van der Waals surface area contributed by atoms with Gasteiger partial charge in [0.15, 0.2) is 6.80 Å². The van der Waals surface area contributed by atoms with Crippen LogP contribution in [0, 0.1) is 0 Å². The Labute approximate surface area is 694 Å². The minimum atomic E-state index is -4.07. The molecule has 12 unspecified atom stereocenters. The number of rotatable bonds is 36. The van der Waals surface area contributed by atoms with Gasteiger partial charge in [-0.1, -0.05) is 50.3 Å². The maximum absolute atomic E-state index is 12.3. The van der Waals surface area contributed by atoms with E-state index in [1.807, 2.05) is 22.6 Å². The van der Waals surface area contributed by atoms with Gasteiger partial charge >= 0.3 is 13.6 Å². The summed E-state index contributed by atoms with van der Waals surface area (Å²) in [5.41, 5.74) is 0. The van der Waals surface area contributed by atoms with Crippen molar-refractivity contribution in [2.24, 2.45) is 0 Å². The zero-order valence-electron chi connectivity index (χ0n) is 62.0. The predicted molar refractivity (Wildman–Crippen MR) is 425 cm³/mol. The average Bonchev–Trinajstić information content (AvgIpc) is 1.42. The number of methoxy groups -OCH3 is 8. The molecule has 8 aliphatic rings. The van der Waals surface area contributed by atoms with E-state index in [1.165, 1.54) is 28.4 Å². The predicted octanol–water partition coefficient (Wildman–Crippen LogP) is -2.44. The molecule has 8 aliphatic heterocycles. The van der Waals surface area contributed by atoms with Crippen LogP contribution in [0.15, 0.2) is 0 Å².